The molecule has 0 aliphatic carbocycles. The number of rotatable bonds is 2. The van der Waals surface area contributed by atoms with Crippen molar-refractivity contribution in [3.8, 4) is 17.0 Å². The topological polar surface area (TPSA) is 22.1 Å². The number of benzene rings is 1. The van der Waals surface area contributed by atoms with Crippen LogP contribution in [0.5, 0.6) is 5.75 Å². The zero-order chi connectivity index (χ0) is 9.80. The second-order valence-electron chi connectivity index (χ2n) is 2.86. The van der Waals surface area contributed by atoms with Gasteiger partial charge in [0.15, 0.2) is 0 Å². The normalized spacial score (nSPS) is 9.13. The quantitative estimate of drug-likeness (QED) is 0.626. The largest absolute Gasteiger partial charge is 0.540 e. The molecule has 0 saturated heterocycles. The van der Waals surface area contributed by atoms with Gasteiger partial charge in [0, 0.05) is 32.4 Å². The van der Waals surface area contributed by atoms with E-state index in [4.69, 9.17) is 4.74 Å². The average Bonchev–Trinajstić information content (AvgIpc) is 2.30. The maximum absolute atomic E-state index is 5.05. The Balaban J connectivity index is 0.00000112. The number of methoxy groups -OCH3 is 1. The molecule has 0 atom stereocenters. The first-order valence-corrected chi connectivity index (χ1v) is 4.37. The number of pyridine rings is 1. The molecule has 2 aromatic rings. The van der Waals surface area contributed by atoms with Crippen molar-refractivity contribution < 1.29 is 25.2 Å². The van der Waals surface area contributed by atoms with E-state index in [9.17, 15) is 0 Å². The van der Waals surface area contributed by atoms with Gasteiger partial charge in [0.2, 0.25) is 0 Å². The Hall–Kier alpha value is -1.17. The first-order chi connectivity index (χ1) is 6.90. The summed E-state index contributed by atoms with van der Waals surface area (Å²) < 4.78 is 5.05. The average molecular weight is 291 g/mol. The van der Waals surface area contributed by atoms with Crippen LogP contribution in [0, 0.1) is 6.07 Å². The summed E-state index contributed by atoms with van der Waals surface area (Å²) in [5.41, 5.74) is 1.90. The van der Waals surface area contributed by atoms with Crippen molar-refractivity contribution >= 4 is 0 Å². The SMILES string of the molecule is COc1c[c-]c(-c2ccccn2)cc1.[Pd]. The molecule has 15 heavy (non-hydrogen) atoms. The van der Waals surface area contributed by atoms with Crippen molar-refractivity contribution in [2.75, 3.05) is 7.11 Å². The summed E-state index contributed by atoms with van der Waals surface area (Å²) in [7, 11) is 1.64. The predicted molar refractivity (Wildman–Crippen MR) is 55.1 cm³/mol. The third kappa shape index (κ3) is 2.89. The van der Waals surface area contributed by atoms with E-state index in [0.717, 1.165) is 17.0 Å². The van der Waals surface area contributed by atoms with Crippen molar-refractivity contribution in [3.63, 3.8) is 0 Å². The van der Waals surface area contributed by atoms with E-state index in [2.05, 4.69) is 11.1 Å². The first-order valence-electron chi connectivity index (χ1n) is 4.37. The summed E-state index contributed by atoms with van der Waals surface area (Å²) in [6, 6.07) is 14.6. The maximum Gasteiger partial charge on any atom is 0.0647 e. The molecule has 2 rings (SSSR count). The molecular formula is C12H10NOPd-. The van der Waals surface area contributed by atoms with Crippen LogP contribution in [0.2, 0.25) is 0 Å². The maximum atomic E-state index is 5.05. The number of nitrogens with zero attached hydrogens (tertiary/aromatic N) is 1. The molecule has 0 radical (unpaired) electrons. The second-order valence-corrected chi connectivity index (χ2v) is 2.86. The van der Waals surface area contributed by atoms with Crippen LogP contribution >= 0.6 is 0 Å². The van der Waals surface area contributed by atoms with E-state index in [-0.39, 0.29) is 20.4 Å². The van der Waals surface area contributed by atoms with Crippen LogP contribution in [-0.4, -0.2) is 12.1 Å². The Labute approximate surface area is 103 Å². The first kappa shape index (κ1) is 11.9. The monoisotopic (exact) mass is 290 g/mol. The fourth-order valence-corrected chi connectivity index (χ4v) is 1.22. The Morgan fingerprint density at radius 2 is 2.07 bits per heavy atom. The summed E-state index contributed by atoms with van der Waals surface area (Å²) in [5.74, 6) is 0.810. The Morgan fingerprint density at radius 3 is 2.60 bits per heavy atom. The fraction of sp³-hybridized carbons (Fsp3) is 0.0833. The molecule has 0 N–H and O–H groups in total. The summed E-state index contributed by atoms with van der Waals surface area (Å²) in [6.07, 6.45) is 1.77. The van der Waals surface area contributed by atoms with Gasteiger partial charge in [-0.15, -0.1) is 29.8 Å². The van der Waals surface area contributed by atoms with Crippen LogP contribution in [0.4, 0.5) is 0 Å². The minimum absolute atomic E-state index is 0. The van der Waals surface area contributed by atoms with Crippen molar-refractivity contribution in [1.29, 1.82) is 0 Å². The van der Waals surface area contributed by atoms with Gasteiger partial charge in [-0.2, -0.15) is 0 Å². The molecule has 0 bridgehead atoms. The molecule has 1 aromatic heterocycles. The van der Waals surface area contributed by atoms with Gasteiger partial charge in [0.25, 0.3) is 0 Å². The smallest absolute Gasteiger partial charge is 0.0647 e. The van der Waals surface area contributed by atoms with Crippen LogP contribution in [0.15, 0.2) is 42.6 Å². The van der Waals surface area contributed by atoms with Gasteiger partial charge in [-0.1, -0.05) is 12.1 Å². The van der Waals surface area contributed by atoms with Gasteiger partial charge in [-0.25, -0.2) is 0 Å². The number of ether oxygens (including phenoxy) is 1. The van der Waals surface area contributed by atoms with Gasteiger partial charge in [-0.3, -0.25) is 0 Å². The van der Waals surface area contributed by atoms with Gasteiger partial charge >= 0.3 is 0 Å². The number of hydrogen-bond donors (Lipinski definition) is 0. The molecule has 1 aromatic carbocycles. The van der Waals surface area contributed by atoms with Gasteiger partial charge in [0.1, 0.15) is 0 Å². The molecule has 0 spiro atoms. The van der Waals surface area contributed by atoms with E-state index in [1.165, 1.54) is 0 Å². The standard InChI is InChI=1S/C12H10NO.Pd/c1-14-11-7-5-10(6-8-11)12-4-2-3-9-13-12;/h2-5,7-9H,1H3;/q-1;. The molecule has 0 aliphatic heterocycles. The molecule has 0 unspecified atom stereocenters. The fourth-order valence-electron chi connectivity index (χ4n) is 1.22. The zero-order valence-electron chi connectivity index (χ0n) is 8.21. The van der Waals surface area contributed by atoms with Crippen LogP contribution in [0.25, 0.3) is 11.3 Å². The Morgan fingerprint density at radius 1 is 1.20 bits per heavy atom. The summed E-state index contributed by atoms with van der Waals surface area (Å²) in [6.45, 7) is 0. The summed E-state index contributed by atoms with van der Waals surface area (Å²) in [4.78, 5) is 4.23. The van der Waals surface area contributed by atoms with E-state index >= 15 is 0 Å². The molecule has 80 valence electrons. The summed E-state index contributed by atoms with van der Waals surface area (Å²) >= 11 is 0. The molecule has 0 saturated carbocycles. The van der Waals surface area contributed by atoms with Crippen LogP contribution in [-0.2, 0) is 20.4 Å². The predicted octanol–water partition coefficient (Wildman–Crippen LogP) is 2.55. The van der Waals surface area contributed by atoms with Crippen molar-refractivity contribution in [3.05, 3.63) is 48.7 Å². The molecule has 3 heteroatoms. The van der Waals surface area contributed by atoms with Crippen LogP contribution in [0.1, 0.15) is 0 Å². The van der Waals surface area contributed by atoms with Crippen LogP contribution < -0.4 is 4.74 Å². The molecular weight excluding hydrogens is 281 g/mol. The summed E-state index contributed by atoms with van der Waals surface area (Å²) in [5, 5.41) is 0. The minimum Gasteiger partial charge on any atom is -0.540 e. The van der Waals surface area contributed by atoms with Crippen LogP contribution in [0.3, 0.4) is 0 Å². The molecule has 2 nitrogen and oxygen atoms in total. The van der Waals surface area contributed by atoms with Crippen molar-refractivity contribution in [1.82, 2.24) is 4.98 Å². The van der Waals surface area contributed by atoms with E-state index in [1.807, 2.05) is 36.4 Å². The second kappa shape index (κ2) is 5.65. The molecule has 0 amide bonds. The van der Waals surface area contributed by atoms with Gasteiger partial charge in [0.05, 0.1) is 7.11 Å². The van der Waals surface area contributed by atoms with E-state index < -0.39 is 0 Å². The van der Waals surface area contributed by atoms with E-state index in [1.54, 1.807) is 13.3 Å². The zero-order valence-corrected chi connectivity index (χ0v) is 9.77. The number of hydrogen-bond acceptors (Lipinski definition) is 2. The third-order valence-electron chi connectivity index (χ3n) is 1.96. The third-order valence-corrected chi connectivity index (χ3v) is 1.96. The molecule has 0 aliphatic rings. The minimum atomic E-state index is 0. The Kier molecular flexibility index (Phi) is 4.48. The molecule has 1 heterocycles. The van der Waals surface area contributed by atoms with Crippen molar-refractivity contribution in [2.24, 2.45) is 0 Å². The van der Waals surface area contributed by atoms with Crippen molar-refractivity contribution in [2.45, 2.75) is 0 Å². The van der Waals surface area contributed by atoms with Gasteiger partial charge < -0.3 is 9.72 Å². The van der Waals surface area contributed by atoms with E-state index in [0.29, 0.717) is 0 Å². The van der Waals surface area contributed by atoms with Gasteiger partial charge in [-0.05, 0) is 11.8 Å². The number of aromatic nitrogens is 1. The molecule has 0 fully saturated rings. The Bertz CT molecular complexity index is 400.